The molecule has 2 N–H and O–H groups in total. The topological polar surface area (TPSA) is 89.8 Å². The first-order valence-electron chi connectivity index (χ1n) is 9.40. The van der Waals surface area contributed by atoms with Crippen molar-refractivity contribution in [1.29, 1.82) is 0 Å². The standard InChI is InChI=1S/C23H20N2O5/c1-15-6-2-4-8-19(15)29-14-23(27)25-24-22(26)13-28-16-10-11-21-18(12-16)17-7-3-5-9-20(17)30-21/h2-12H,13-14H2,1H3,(H,24,26)(H,25,27). The first-order valence-corrected chi connectivity index (χ1v) is 9.40. The summed E-state index contributed by atoms with van der Waals surface area (Å²) in [6.07, 6.45) is 0. The van der Waals surface area contributed by atoms with E-state index in [4.69, 9.17) is 13.9 Å². The van der Waals surface area contributed by atoms with Crippen LogP contribution in [0.4, 0.5) is 0 Å². The highest BCUT2D eigenvalue weighted by Crippen LogP contribution is 2.31. The molecular formula is C23H20N2O5. The SMILES string of the molecule is Cc1ccccc1OCC(=O)NNC(=O)COc1ccc2oc3ccccc3c2c1. The van der Waals surface area contributed by atoms with Gasteiger partial charge in [0.1, 0.15) is 22.7 Å². The van der Waals surface area contributed by atoms with Gasteiger partial charge in [-0.15, -0.1) is 0 Å². The smallest absolute Gasteiger partial charge is 0.276 e. The molecule has 4 aromatic rings. The molecule has 3 aromatic carbocycles. The van der Waals surface area contributed by atoms with E-state index in [2.05, 4.69) is 10.9 Å². The lowest BCUT2D eigenvalue weighted by Crippen LogP contribution is -2.45. The zero-order valence-electron chi connectivity index (χ0n) is 16.3. The van der Waals surface area contributed by atoms with Crippen LogP contribution in [0.2, 0.25) is 0 Å². The summed E-state index contributed by atoms with van der Waals surface area (Å²) in [7, 11) is 0. The summed E-state index contributed by atoms with van der Waals surface area (Å²) in [6, 6.07) is 20.4. The minimum absolute atomic E-state index is 0.212. The average molecular weight is 404 g/mol. The lowest BCUT2D eigenvalue weighted by atomic mass is 10.1. The van der Waals surface area contributed by atoms with E-state index in [1.54, 1.807) is 18.2 Å². The van der Waals surface area contributed by atoms with Crippen molar-refractivity contribution in [3.63, 3.8) is 0 Å². The Bertz CT molecular complexity index is 1210. The van der Waals surface area contributed by atoms with Gasteiger partial charge in [0.2, 0.25) is 0 Å². The Morgan fingerprint density at radius 2 is 1.47 bits per heavy atom. The number of hydrogen-bond donors (Lipinski definition) is 2. The summed E-state index contributed by atoms with van der Waals surface area (Å²) in [5.74, 6) is 0.178. The van der Waals surface area contributed by atoms with Crippen molar-refractivity contribution < 1.29 is 23.5 Å². The summed E-state index contributed by atoms with van der Waals surface area (Å²) >= 11 is 0. The van der Waals surface area contributed by atoms with E-state index < -0.39 is 11.8 Å². The molecule has 0 fully saturated rings. The molecule has 7 nitrogen and oxygen atoms in total. The molecule has 4 rings (SSSR count). The van der Waals surface area contributed by atoms with Crippen molar-refractivity contribution in [2.45, 2.75) is 6.92 Å². The lowest BCUT2D eigenvalue weighted by Gasteiger charge is -2.10. The third-order valence-electron chi connectivity index (χ3n) is 4.51. The molecule has 1 heterocycles. The Kier molecular flexibility index (Phi) is 5.52. The molecule has 0 saturated carbocycles. The number of para-hydroxylation sites is 2. The molecule has 7 heteroatoms. The van der Waals surface area contributed by atoms with Gasteiger partial charge in [-0.25, -0.2) is 0 Å². The van der Waals surface area contributed by atoms with E-state index >= 15 is 0 Å². The number of ether oxygens (including phenoxy) is 2. The van der Waals surface area contributed by atoms with Gasteiger partial charge in [0, 0.05) is 10.8 Å². The number of hydrazine groups is 1. The normalized spacial score (nSPS) is 10.7. The number of nitrogens with one attached hydrogen (secondary N) is 2. The van der Waals surface area contributed by atoms with Crippen molar-refractivity contribution in [1.82, 2.24) is 10.9 Å². The Balaban J connectivity index is 1.27. The average Bonchev–Trinajstić information content (AvgIpc) is 3.13. The van der Waals surface area contributed by atoms with E-state index in [1.165, 1.54) is 0 Å². The van der Waals surface area contributed by atoms with E-state index in [9.17, 15) is 9.59 Å². The minimum atomic E-state index is -0.489. The van der Waals surface area contributed by atoms with Crippen molar-refractivity contribution in [3.8, 4) is 11.5 Å². The van der Waals surface area contributed by atoms with Gasteiger partial charge in [-0.2, -0.15) is 0 Å². The van der Waals surface area contributed by atoms with E-state index in [0.29, 0.717) is 11.5 Å². The van der Waals surface area contributed by atoms with Gasteiger partial charge < -0.3 is 13.9 Å². The fourth-order valence-corrected chi connectivity index (χ4v) is 3.02. The van der Waals surface area contributed by atoms with Crippen LogP contribution in [0.1, 0.15) is 5.56 Å². The summed E-state index contributed by atoms with van der Waals surface area (Å²) in [4.78, 5) is 23.8. The molecule has 0 bridgehead atoms. The minimum Gasteiger partial charge on any atom is -0.484 e. The number of aryl methyl sites for hydroxylation is 1. The fourth-order valence-electron chi connectivity index (χ4n) is 3.02. The highest BCUT2D eigenvalue weighted by Gasteiger charge is 2.10. The quantitative estimate of drug-likeness (QED) is 0.480. The van der Waals surface area contributed by atoms with Crippen molar-refractivity contribution in [2.75, 3.05) is 13.2 Å². The molecule has 0 spiro atoms. The van der Waals surface area contributed by atoms with Gasteiger partial charge in [0.25, 0.3) is 11.8 Å². The number of carbonyl (C=O) groups is 2. The van der Waals surface area contributed by atoms with Crippen LogP contribution >= 0.6 is 0 Å². The molecule has 0 radical (unpaired) electrons. The summed E-state index contributed by atoms with van der Waals surface area (Å²) in [5, 5.41) is 1.88. The maximum Gasteiger partial charge on any atom is 0.276 e. The Labute approximate surface area is 172 Å². The zero-order valence-corrected chi connectivity index (χ0v) is 16.3. The summed E-state index contributed by atoms with van der Waals surface area (Å²) in [6.45, 7) is 1.42. The van der Waals surface area contributed by atoms with Crippen molar-refractivity contribution in [2.24, 2.45) is 0 Å². The highest BCUT2D eigenvalue weighted by atomic mass is 16.5. The van der Waals surface area contributed by atoms with Crippen LogP contribution in [-0.4, -0.2) is 25.0 Å². The number of rotatable bonds is 6. The molecular weight excluding hydrogens is 384 g/mol. The van der Waals surface area contributed by atoms with Gasteiger partial charge in [0.15, 0.2) is 13.2 Å². The molecule has 152 valence electrons. The van der Waals surface area contributed by atoms with E-state index in [0.717, 1.165) is 27.5 Å². The van der Waals surface area contributed by atoms with Crippen LogP contribution in [0.3, 0.4) is 0 Å². The zero-order chi connectivity index (χ0) is 20.9. The molecule has 1 aromatic heterocycles. The van der Waals surface area contributed by atoms with E-state index in [-0.39, 0.29) is 13.2 Å². The number of carbonyl (C=O) groups excluding carboxylic acids is 2. The Morgan fingerprint density at radius 1 is 0.800 bits per heavy atom. The van der Waals surface area contributed by atoms with Gasteiger partial charge in [-0.05, 0) is 42.8 Å². The van der Waals surface area contributed by atoms with Gasteiger partial charge in [-0.1, -0.05) is 36.4 Å². The number of hydrogen-bond acceptors (Lipinski definition) is 5. The van der Waals surface area contributed by atoms with Crippen LogP contribution in [0, 0.1) is 6.92 Å². The fraction of sp³-hybridized carbons (Fsp3) is 0.130. The number of benzene rings is 3. The number of furan rings is 1. The predicted octanol–water partition coefficient (Wildman–Crippen LogP) is 3.50. The highest BCUT2D eigenvalue weighted by molar-refractivity contribution is 6.05. The van der Waals surface area contributed by atoms with Crippen LogP contribution in [0.25, 0.3) is 21.9 Å². The lowest BCUT2D eigenvalue weighted by molar-refractivity contribution is -0.131. The van der Waals surface area contributed by atoms with Gasteiger partial charge in [0.05, 0.1) is 0 Å². The molecule has 0 saturated heterocycles. The second-order valence-corrected chi connectivity index (χ2v) is 6.70. The number of amides is 2. The first kappa shape index (κ1) is 19.3. The van der Waals surface area contributed by atoms with Crippen LogP contribution in [-0.2, 0) is 9.59 Å². The molecule has 0 unspecified atom stereocenters. The van der Waals surface area contributed by atoms with Crippen LogP contribution in [0.5, 0.6) is 11.5 Å². The molecule has 0 atom stereocenters. The largest absolute Gasteiger partial charge is 0.484 e. The third kappa shape index (κ3) is 4.35. The van der Waals surface area contributed by atoms with E-state index in [1.807, 2.05) is 55.5 Å². The third-order valence-corrected chi connectivity index (χ3v) is 4.51. The predicted molar refractivity (Wildman–Crippen MR) is 112 cm³/mol. The van der Waals surface area contributed by atoms with Crippen molar-refractivity contribution in [3.05, 3.63) is 72.3 Å². The molecule has 2 amide bonds. The molecule has 0 aliphatic heterocycles. The second-order valence-electron chi connectivity index (χ2n) is 6.70. The Morgan fingerprint density at radius 3 is 2.27 bits per heavy atom. The summed E-state index contributed by atoms with van der Waals surface area (Å²) < 4.78 is 16.7. The molecule has 0 aliphatic rings. The van der Waals surface area contributed by atoms with Crippen LogP contribution < -0.4 is 20.3 Å². The maximum atomic E-state index is 12.0. The first-order chi connectivity index (χ1) is 14.6. The van der Waals surface area contributed by atoms with Crippen molar-refractivity contribution >= 4 is 33.8 Å². The van der Waals surface area contributed by atoms with Gasteiger partial charge >= 0.3 is 0 Å². The molecule has 30 heavy (non-hydrogen) atoms. The molecule has 0 aliphatic carbocycles. The Hall–Kier alpha value is -4.00. The number of fused-ring (bicyclic) bond motifs is 3. The maximum absolute atomic E-state index is 12.0. The summed E-state index contributed by atoms with van der Waals surface area (Å²) in [5.41, 5.74) is 7.06. The van der Waals surface area contributed by atoms with Crippen LogP contribution in [0.15, 0.2) is 71.1 Å². The van der Waals surface area contributed by atoms with Gasteiger partial charge in [-0.3, -0.25) is 20.4 Å². The monoisotopic (exact) mass is 404 g/mol. The second kappa shape index (κ2) is 8.57.